The molecular weight excluding hydrogens is 282 g/mol. The molecule has 0 aliphatic heterocycles. The molecule has 2 amide bonds. The molecule has 1 aromatic carbocycles. The van der Waals surface area contributed by atoms with Gasteiger partial charge >= 0.3 is 11.8 Å². The Labute approximate surface area is 128 Å². The molecule has 0 atom stereocenters. The van der Waals surface area contributed by atoms with E-state index in [0.29, 0.717) is 18.5 Å². The molecule has 0 bridgehead atoms. The molecule has 0 spiro atoms. The number of aromatic amines is 1. The van der Waals surface area contributed by atoms with E-state index in [2.05, 4.69) is 15.6 Å². The van der Waals surface area contributed by atoms with Gasteiger partial charge < -0.3 is 20.7 Å². The maximum Gasteiger partial charge on any atom is 0.313 e. The average Bonchev–Trinajstić information content (AvgIpc) is 2.99. The van der Waals surface area contributed by atoms with Gasteiger partial charge in [-0.3, -0.25) is 9.59 Å². The molecule has 118 valence electrons. The molecule has 1 aromatic heterocycles. The van der Waals surface area contributed by atoms with Crippen LogP contribution in [0.3, 0.4) is 0 Å². The minimum absolute atomic E-state index is 0.0586. The van der Waals surface area contributed by atoms with Crippen LogP contribution < -0.4 is 10.6 Å². The molecule has 0 aliphatic rings. The number of rotatable bonds is 5. The standard InChI is InChI=1S/C16H21N3O3/c1-3-16(22,4-2)10-18-14(20)15(21)19-12-5-6-13-11(9-12)7-8-17-13/h5-9,17,22H,3-4,10H2,1-2H3,(H,18,20)(H,19,21). The van der Waals surface area contributed by atoms with Crippen LogP contribution in [0.4, 0.5) is 5.69 Å². The van der Waals surface area contributed by atoms with Crippen molar-refractivity contribution in [2.24, 2.45) is 0 Å². The second kappa shape index (κ2) is 6.62. The van der Waals surface area contributed by atoms with Gasteiger partial charge in [0, 0.05) is 29.3 Å². The van der Waals surface area contributed by atoms with E-state index in [1.165, 1.54) is 0 Å². The van der Waals surface area contributed by atoms with Crippen molar-refractivity contribution in [2.45, 2.75) is 32.3 Å². The minimum atomic E-state index is -0.972. The number of benzene rings is 1. The number of hydrogen-bond acceptors (Lipinski definition) is 3. The van der Waals surface area contributed by atoms with Crippen molar-refractivity contribution < 1.29 is 14.7 Å². The third-order valence-electron chi connectivity index (χ3n) is 3.91. The summed E-state index contributed by atoms with van der Waals surface area (Å²) >= 11 is 0. The van der Waals surface area contributed by atoms with Crippen LogP contribution in [0.15, 0.2) is 30.5 Å². The van der Waals surface area contributed by atoms with Gasteiger partial charge in [-0.1, -0.05) is 13.8 Å². The van der Waals surface area contributed by atoms with Crippen molar-refractivity contribution >= 4 is 28.4 Å². The van der Waals surface area contributed by atoms with Crippen LogP contribution in [0.1, 0.15) is 26.7 Å². The Hall–Kier alpha value is -2.34. The van der Waals surface area contributed by atoms with Gasteiger partial charge in [0.2, 0.25) is 0 Å². The Morgan fingerprint density at radius 3 is 2.59 bits per heavy atom. The molecular formula is C16H21N3O3. The molecule has 0 aliphatic carbocycles. The third-order valence-corrected chi connectivity index (χ3v) is 3.91. The van der Waals surface area contributed by atoms with Crippen LogP contribution in [0.25, 0.3) is 10.9 Å². The quantitative estimate of drug-likeness (QED) is 0.634. The van der Waals surface area contributed by atoms with E-state index in [-0.39, 0.29) is 6.54 Å². The summed E-state index contributed by atoms with van der Waals surface area (Å²) in [5.41, 5.74) is 0.534. The van der Waals surface area contributed by atoms with E-state index in [9.17, 15) is 14.7 Å². The lowest BCUT2D eigenvalue weighted by Crippen LogP contribution is -2.45. The Bertz CT molecular complexity index is 674. The molecule has 6 heteroatoms. The molecule has 0 saturated carbocycles. The largest absolute Gasteiger partial charge is 0.388 e. The second-order valence-corrected chi connectivity index (χ2v) is 5.35. The first-order valence-corrected chi connectivity index (χ1v) is 7.36. The van der Waals surface area contributed by atoms with Crippen LogP contribution >= 0.6 is 0 Å². The van der Waals surface area contributed by atoms with Gasteiger partial charge in [-0.15, -0.1) is 0 Å². The van der Waals surface area contributed by atoms with Gasteiger partial charge in [0.15, 0.2) is 0 Å². The molecule has 2 aromatic rings. The Morgan fingerprint density at radius 1 is 1.18 bits per heavy atom. The fourth-order valence-corrected chi connectivity index (χ4v) is 2.14. The number of anilines is 1. The fraction of sp³-hybridized carbons (Fsp3) is 0.375. The van der Waals surface area contributed by atoms with Gasteiger partial charge in [-0.05, 0) is 37.1 Å². The monoisotopic (exact) mass is 303 g/mol. The Kier molecular flexibility index (Phi) is 4.82. The predicted octanol–water partition coefficient (Wildman–Crippen LogP) is 1.77. The zero-order valence-corrected chi connectivity index (χ0v) is 12.8. The lowest BCUT2D eigenvalue weighted by Gasteiger charge is -2.25. The molecule has 22 heavy (non-hydrogen) atoms. The van der Waals surface area contributed by atoms with Crippen LogP contribution in [0.5, 0.6) is 0 Å². The first kappa shape index (κ1) is 16.0. The number of fused-ring (bicyclic) bond motifs is 1. The SMILES string of the molecule is CCC(O)(CC)CNC(=O)C(=O)Nc1ccc2[nH]ccc2c1. The average molecular weight is 303 g/mol. The number of H-pyrrole nitrogens is 1. The summed E-state index contributed by atoms with van der Waals surface area (Å²) < 4.78 is 0. The number of nitrogens with one attached hydrogen (secondary N) is 3. The van der Waals surface area contributed by atoms with Gasteiger partial charge in [-0.25, -0.2) is 0 Å². The highest BCUT2D eigenvalue weighted by molar-refractivity contribution is 6.39. The Balaban J connectivity index is 1.94. The van der Waals surface area contributed by atoms with Crippen LogP contribution in [-0.2, 0) is 9.59 Å². The van der Waals surface area contributed by atoms with Crippen molar-refractivity contribution in [3.8, 4) is 0 Å². The maximum atomic E-state index is 11.9. The highest BCUT2D eigenvalue weighted by Crippen LogP contribution is 2.17. The molecule has 1 heterocycles. The fourth-order valence-electron chi connectivity index (χ4n) is 2.14. The summed E-state index contributed by atoms with van der Waals surface area (Å²) in [5.74, 6) is -1.50. The van der Waals surface area contributed by atoms with Crippen LogP contribution in [-0.4, -0.2) is 34.1 Å². The van der Waals surface area contributed by atoms with Crippen molar-refractivity contribution in [1.29, 1.82) is 0 Å². The number of hydrogen-bond donors (Lipinski definition) is 4. The van der Waals surface area contributed by atoms with E-state index in [4.69, 9.17) is 0 Å². The molecule has 0 saturated heterocycles. The van der Waals surface area contributed by atoms with Gasteiger partial charge in [0.05, 0.1) is 5.60 Å². The smallest absolute Gasteiger partial charge is 0.313 e. The van der Waals surface area contributed by atoms with E-state index in [1.807, 2.05) is 26.0 Å². The highest BCUT2D eigenvalue weighted by Gasteiger charge is 2.24. The third kappa shape index (κ3) is 3.65. The topological polar surface area (TPSA) is 94.2 Å². The van der Waals surface area contributed by atoms with Crippen molar-refractivity contribution in [1.82, 2.24) is 10.3 Å². The maximum absolute atomic E-state index is 11.9. The number of aliphatic hydroxyl groups is 1. The molecule has 0 fully saturated rings. The zero-order valence-electron chi connectivity index (χ0n) is 12.8. The molecule has 6 nitrogen and oxygen atoms in total. The van der Waals surface area contributed by atoms with Gasteiger partial charge in [0.1, 0.15) is 0 Å². The molecule has 4 N–H and O–H groups in total. The lowest BCUT2D eigenvalue weighted by molar-refractivity contribution is -0.136. The normalized spacial score (nSPS) is 11.4. The molecule has 2 rings (SSSR count). The number of carbonyl (C=O) groups is 2. The summed E-state index contributed by atoms with van der Waals surface area (Å²) in [5, 5.41) is 16.1. The van der Waals surface area contributed by atoms with Crippen molar-refractivity contribution in [3.05, 3.63) is 30.5 Å². The van der Waals surface area contributed by atoms with E-state index >= 15 is 0 Å². The van der Waals surface area contributed by atoms with Crippen molar-refractivity contribution in [3.63, 3.8) is 0 Å². The first-order chi connectivity index (χ1) is 10.5. The van der Waals surface area contributed by atoms with E-state index in [0.717, 1.165) is 10.9 Å². The van der Waals surface area contributed by atoms with Crippen LogP contribution in [0, 0.1) is 0 Å². The summed E-state index contributed by atoms with van der Waals surface area (Å²) in [6, 6.07) is 7.22. The molecule has 0 radical (unpaired) electrons. The summed E-state index contributed by atoms with van der Waals surface area (Å²) in [6.45, 7) is 3.73. The highest BCUT2D eigenvalue weighted by atomic mass is 16.3. The summed E-state index contributed by atoms with van der Waals surface area (Å²) in [7, 11) is 0. The summed E-state index contributed by atoms with van der Waals surface area (Å²) in [6.07, 6.45) is 2.82. The van der Waals surface area contributed by atoms with E-state index in [1.54, 1.807) is 18.3 Å². The summed E-state index contributed by atoms with van der Waals surface area (Å²) in [4.78, 5) is 26.7. The Morgan fingerprint density at radius 2 is 1.91 bits per heavy atom. The predicted molar refractivity (Wildman–Crippen MR) is 85.5 cm³/mol. The first-order valence-electron chi connectivity index (χ1n) is 7.36. The minimum Gasteiger partial charge on any atom is -0.388 e. The van der Waals surface area contributed by atoms with Gasteiger partial charge in [-0.2, -0.15) is 0 Å². The molecule has 0 unspecified atom stereocenters. The van der Waals surface area contributed by atoms with Gasteiger partial charge in [0.25, 0.3) is 0 Å². The number of aromatic nitrogens is 1. The van der Waals surface area contributed by atoms with Crippen molar-refractivity contribution in [2.75, 3.05) is 11.9 Å². The number of carbonyl (C=O) groups excluding carboxylic acids is 2. The van der Waals surface area contributed by atoms with E-state index < -0.39 is 17.4 Å². The van der Waals surface area contributed by atoms with Crippen LogP contribution in [0.2, 0.25) is 0 Å². The second-order valence-electron chi connectivity index (χ2n) is 5.35. The lowest BCUT2D eigenvalue weighted by atomic mass is 9.98. The zero-order chi connectivity index (χ0) is 16.2. The number of amides is 2.